The molecule has 5 heteroatoms. The number of hydrogen-bond acceptors (Lipinski definition) is 3. The minimum absolute atomic E-state index is 0.145. The summed E-state index contributed by atoms with van der Waals surface area (Å²) in [6, 6.07) is 4.72. The first-order valence-corrected chi connectivity index (χ1v) is 13.5. The second kappa shape index (κ2) is 17.4. The van der Waals surface area contributed by atoms with Gasteiger partial charge in [0.15, 0.2) is 17.4 Å². The highest BCUT2D eigenvalue weighted by molar-refractivity contribution is 5.56. The van der Waals surface area contributed by atoms with Crippen LogP contribution in [0.25, 0.3) is 11.4 Å². The summed E-state index contributed by atoms with van der Waals surface area (Å²) in [5, 5.41) is 0. The second-order valence-electron chi connectivity index (χ2n) is 9.37. The van der Waals surface area contributed by atoms with Gasteiger partial charge in [0.05, 0.1) is 6.61 Å². The molecule has 1 aromatic carbocycles. The Morgan fingerprint density at radius 2 is 1.41 bits per heavy atom. The van der Waals surface area contributed by atoms with E-state index in [2.05, 4.69) is 23.8 Å². The van der Waals surface area contributed by atoms with Gasteiger partial charge < -0.3 is 4.74 Å². The molecule has 0 aliphatic rings. The molecular formula is C29H44F2N2O. The number of halogens is 2. The topological polar surface area (TPSA) is 35.0 Å². The van der Waals surface area contributed by atoms with Gasteiger partial charge in [-0.15, -0.1) is 0 Å². The molecule has 1 aromatic heterocycles. The number of ether oxygens (including phenoxy) is 1. The van der Waals surface area contributed by atoms with E-state index in [1.54, 1.807) is 12.1 Å². The maximum absolute atomic E-state index is 14.5. The van der Waals surface area contributed by atoms with Crippen molar-refractivity contribution in [2.75, 3.05) is 6.61 Å². The second-order valence-corrected chi connectivity index (χ2v) is 9.37. The van der Waals surface area contributed by atoms with Gasteiger partial charge >= 0.3 is 0 Å². The van der Waals surface area contributed by atoms with Crippen molar-refractivity contribution in [3.8, 4) is 17.1 Å². The largest absolute Gasteiger partial charge is 0.490 e. The number of hydrogen-bond donors (Lipinski definition) is 0. The molecule has 0 radical (unpaired) electrons. The Bertz CT molecular complexity index is 782. The van der Waals surface area contributed by atoms with E-state index in [1.807, 2.05) is 12.4 Å². The van der Waals surface area contributed by atoms with Crippen molar-refractivity contribution in [1.29, 1.82) is 0 Å². The van der Waals surface area contributed by atoms with Crippen molar-refractivity contribution in [2.45, 2.75) is 116 Å². The molecule has 0 saturated carbocycles. The molecule has 1 unspecified atom stereocenters. The van der Waals surface area contributed by atoms with Crippen LogP contribution in [0, 0.1) is 5.82 Å². The lowest BCUT2D eigenvalue weighted by Gasteiger charge is -2.11. The highest BCUT2D eigenvalue weighted by atomic mass is 19.1. The maximum atomic E-state index is 14.5. The normalized spacial score (nSPS) is 12.1. The molecule has 0 fully saturated rings. The molecule has 0 aliphatic heterocycles. The van der Waals surface area contributed by atoms with E-state index < -0.39 is 12.0 Å². The van der Waals surface area contributed by atoms with E-state index in [4.69, 9.17) is 4.74 Å². The highest BCUT2D eigenvalue weighted by Crippen LogP contribution is 2.24. The summed E-state index contributed by atoms with van der Waals surface area (Å²) in [6.07, 6.45) is 19.4. The van der Waals surface area contributed by atoms with Gasteiger partial charge in [-0.3, -0.25) is 0 Å². The molecule has 0 aliphatic carbocycles. The van der Waals surface area contributed by atoms with Gasteiger partial charge in [0.1, 0.15) is 6.17 Å². The van der Waals surface area contributed by atoms with Crippen LogP contribution in [0.15, 0.2) is 30.6 Å². The molecule has 0 saturated heterocycles. The van der Waals surface area contributed by atoms with Gasteiger partial charge in [0, 0.05) is 24.4 Å². The third kappa shape index (κ3) is 11.4. The Hall–Kier alpha value is -2.04. The van der Waals surface area contributed by atoms with E-state index in [0.717, 1.165) is 37.7 Å². The molecule has 34 heavy (non-hydrogen) atoms. The Morgan fingerprint density at radius 3 is 2.06 bits per heavy atom. The van der Waals surface area contributed by atoms with Crippen molar-refractivity contribution in [2.24, 2.45) is 0 Å². The van der Waals surface area contributed by atoms with Crippen LogP contribution in [0.2, 0.25) is 0 Å². The lowest BCUT2D eigenvalue weighted by Crippen LogP contribution is -2.08. The number of alkyl halides is 1. The number of benzene rings is 1. The fourth-order valence-corrected chi connectivity index (χ4v) is 4.09. The van der Waals surface area contributed by atoms with Crippen LogP contribution in [0.1, 0.15) is 109 Å². The van der Waals surface area contributed by atoms with E-state index in [1.165, 1.54) is 57.4 Å². The number of aryl methyl sites for hydroxylation is 1. The van der Waals surface area contributed by atoms with Crippen LogP contribution in [-0.2, 0) is 6.42 Å². The standard InChI is InChI=1S/C29H44F2N2O/c1-3-5-7-8-9-10-11-12-14-15-24-22-32-29(33-23-24)25-17-18-28(27(31)21-25)34-20-19-26(30)16-13-6-4-2/h17-18,21-23,26H,3-16,19-20H2,1-2H3. The quantitative estimate of drug-likeness (QED) is 0.190. The van der Waals surface area contributed by atoms with E-state index in [-0.39, 0.29) is 18.8 Å². The summed E-state index contributed by atoms with van der Waals surface area (Å²) in [5.74, 6) is 0.175. The summed E-state index contributed by atoms with van der Waals surface area (Å²) in [7, 11) is 0. The minimum Gasteiger partial charge on any atom is -0.490 e. The smallest absolute Gasteiger partial charge is 0.165 e. The Kier molecular flexibility index (Phi) is 14.4. The first-order chi connectivity index (χ1) is 16.6. The molecule has 3 nitrogen and oxygen atoms in total. The Labute approximate surface area is 205 Å². The summed E-state index contributed by atoms with van der Waals surface area (Å²) >= 11 is 0. The first-order valence-electron chi connectivity index (χ1n) is 13.5. The van der Waals surface area contributed by atoms with Crippen LogP contribution in [-0.4, -0.2) is 22.7 Å². The van der Waals surface area contributed by atoms with Gasteiger partial charge in [-0.1, -0.05) is 84.5 Å². The average molecular weight is 475 g/mol. The van der Waals surface area contributed by atoms with Gasteiger partial charge in [-0.05, 0) is 43.0 Å². The van der Waals surface area contributed by atoms with Crippen LogP contribution in [0.4, 0.5) is 8.78 Å². The maximum Gasteiger partial charge on any atom is 0.165 e. The van der Waals surface area contributed by atoms with Crippen LogP contribution in [0.3, 0.4) is 0 Å². The summed E-state index contributed by atoms with van der Waals surface area (Å²) in [4.78, 5) is 8.86. The van der Waals surface area contributed by atoms with E-state index in [9.17, 15) is 8.78 Å². The molecule has 1 heterocycles. The third-order valence-corrected chi connectivity index (χ3v) is 6.27. The molecule has 0 bridgehead atoms. The molecule has 0 spiro atoms. The zero-order valence-corrected chi connectivity index (χ0v) is 21.3. The lowest BCUT2D eigenvalue weighted by atomic mass is 10.1. The van der Waals surface area contributed by atoms with E-state index >= 15 is 0 Å². The van der Waals surface area contributed by atoms with Crippen LogP contribution in [0.5, 0.6) is 5.75 Å². The van der Waals surface area contributed by atoms with Crippen molar-refractivity contribution in [1.82, 2.24) is 9.97 Å². The van der Waals surface area contributed by atoms with Crippen LogP contribution < -0.4 is 4.74 Å². The van der Waals surface area contributed by atoms with Gasteiger partial charge in [-0.2, -0.15) is 0 Å². The zero-order chi connectivity index (χ0) is 24.4. The molecule has 190 valence electrons. The summed E-state index contributed by atoms with van der Waals surface area (Å²) in [6.45, 7) is 4.52. The SMILES string of the molecule is CCCCCCCCCCCc1cnc(-c2ccc(OCCC(F)CCCCC)c(F)c2)nc1. The van der Waals surface area contributed by atoms with Crippen LogP contribution >= 0.6 is 0 Å². The average Bonchev–Trinajstić information content (AvgIpc) is 2.84. The number of rotatable bonds is 19. The molecule has 0 amide bonds. The third-order valence-electron chi connectivity index (χ3n) is 6.27. The Morgan fingerprint density at radius 1 is 0.794 bits per heavy atom. The van der Waals surface area contributed by atoms with Gasteiger partial charge in [-0.25, -0.2) is 18.7 Å². The number of aromatic nitrogens is 2. The predicted molar refractivity (Wildman–Crippen MR) is 138 cm³/mol. The van der Waals surface area contributed by atoms with Crippen molar-refractivity contribution < 1.29 is 13.5 Å². The van der Waals surface area contributed by atoms with Crippen molar-refractivity contribution >= 4 is 0 Å². The molecule has 2 aromatic rings. The summed E-state index contributed by atoms with van der Waals surface area (Å²) in [5.41, 5.74) is 1.73. The predicted octanol–water partition coefficient (Wildman–Crippen LogP) is 9.04. The summed E-state index contributed by atoms with van der Waals surface area (Å²) < 4.78 is 33.8. The number of unbranched alkanes of at least 4 members (excludes halogenated alkanes) is 10. The zero-order valence-electron chi connectivity index (χ0n) is 21.3. The van der Waals surface area contributed by atoms with Gasteiger partial charge in [0.25, 0.3) is 0 Å². The van der Waals surface area contributed by atoms with E-state index in [0.29, 0.717) is 17.8 Å². The fourth-order valence-electron chi connectivity index (χ4n) is 4.09. The molecular weight excluding hydrogens is 430 g/mol. The highest BCUT2D eigenvalue weighted by Gasteiger charge is 2.11. The molecule has 2 rings (SSSR count). The molecule has 1 atom stereocenters. The fraction of sp³-hybridized carbons (Fsp3) is 0.655. The Balaban J connectivity index is 1.70. The minimum atomic E-state index is -0.892. The number of nitrogens with zero attached hydrogens (tertiary/aromatic N) is 2. The lowest BCUT2D eigenvalue weighted by molar-refractivity contribution is 0.218. The monoisotopic (exact) mass is 474 g/mol. The first kappa shape index (κ1) is 28.2. The van der Waals surface area contributed by atoms with Crippen molar-refractivity contribution in [3.63, 3.8) is 0 Å². The van der Waals surface area contributed by atoms with Gasteiger partial charge in [0.2, 0.25) is 0 Å². The van der Waals surface area contributed by atoms with Crippen molar-refractivity contribution in [3.05, 3.63) is 42.0 Å². The molecule has 0 N–H and O–H groups in total.